The predicted octanol–water partition coefficient (Wildman–Crippen LogP) is 8.59. The maximum atomic E-state index is 13.1. The largest absolute Gasteiger partial charge is 0.490 e. The molecule has 3 aromatic carbocycles. The number of amides is 2. The minimum absolute atomic E-state index is 0.206. The van der Waals surface area contributed by atoms with Crippen LogP contribution in [0.15, 0.2) is 72.2 Å². The van der Waals surface area contributed by atoms with Gasteiger partial charge in [-0.3, -0.25) is 9.59 Å². The fourth-order valence-corrected chi connectivity index (χ4v) is 5.24. The van der Waals surface area contributed by atoms with E-state index >= 15 is 0 Å². The number of rotatable bonds is 9. The third-order valence-electron chi connectivity index (χ3n) is 5.36. The van der Waals surface area contributed by atoms with Gasteiger partial charge in [0.05, 0.1) is 17.2 Å². The highest BCUT2D eigenvalue weighted by Gasteiger charge is 2.36. The third kappa shape index (κ3) is 6.33. The molecule has 9 heteroatoms. The Morgan fingerprint density at radius 1 is 0.973 bits per heavy atom. The zero-order valence-electron chi connectivity index (χ0n) is 19.8. The second kappa shape index (κ2) is 12.1. The lowest BCUT2D eigenvalue weighted by Crippen LogP contribution is -2.27. The summed E-state index contributed by atoms with van der Waals surface area (Å²) >= 11 is 19.2. The van der Waals surface area contributed by atoms with Crippen LogP contribution in [0.25, 0.3) is 6.08 Å². The van der Waals surface area contributed by atoms with Crippen LogP contribution < -0.4 is 14.4 Å². The summed E-state index contributed by atoms with van der Waals surface area (Å²) in [5, 5.41) is 1.09. The fourth-order valence-electron chi connectivity index (χ4n) is 3.75. The first-order valence-electron chi connectivity index (χ1n) is 11.3. The minimum atomic E-state index is -0.418. The van der Waals surface area contributed by atoms with Gasteiger partial charge < -0.3 is 9.47 Å². The lowest BCUT2D eigenvalue weighted by molar-refractivity contribution is -0.113. The molecule has 0 atom stereocenters. The molecule has 2 amide bonds. The van der Waals surface area contributed by atoms with Gasteiger partial charge in [-0.05, 0) is 79.2 Å². The quantitative estimate of drug-likeness (QED) is 0.189. The van der Waals surface area contributed by atoms with E-state index in [9.17, 15) is 9.59 Å². The molecule has 0 spiro atoms. The molecule has 1 fully saturated rings. The second-order valence-electron chi connectivity index (χ2n) is 7.95. The van der Waals surface area contributed by atoms with Crippen LogP contribution in [0.2, 0.25) is 15.1 Å². The Morgan fingerprint density at radius 2 is 1.76 bits per heavy atom. The number of nitrogens with zero attached hydrogens (tertiary/aromatic N) is 1. The molecule has 1 heterocycles. The molecule has 3 aromatic rings. The Kier molecular flexibility index (Phi) is 8.87. The van der Waals surface area contributed by atoms with Crippen molar-refractivity contribution >= 4 is 69.5 Å². The zero-order chi connectivity index (χ0) is 26.5. The van der Waals surface area contributed by atoms with Crippen LogP contribution in [0, 0.1) is 0 Å². The van der Waals surface area contributed by atoms with E-state index in [1.54, 1.807) is 54.6 Å². The molecule has 0 bridgehead atoms. The molecule has 0 unspecified atom stereocenters. The lowest BCUT2D eigenvalue weighted by atomic mass is 10.0. The van der Waals surface area contributed by atoms with Crippen molar-refractivity contribution in [1.29, 1.82) is 0 Å². The topological polar surface area (TPSA) is 55.8 Å². The van der Waals surface area contributed by atoms with E-state index in [0.29, 0.717) is 55.8 Å². The van der Waals surface area contributed by atoms with Gasteiger partial charge in [0.25, 0.3) is 11.1 Å². The van der Waals surface area contributed by atoms with Crippen LogP contribution in [0.1, 0.15) is 23.6 Å². The average Bonchev–Trinajstić information content (AvgIpc) is 3.12. The number of imide groups is 1. The van der Waals surface area contributed by atoms with Crippen LogP contribution in [0.3, 0.4) is 0 Å². The average molecular weight is 575 g/mol. The van der Waals surface area contributed by atoms with Gasteiger partial charge >= 0.3 is 0 Å². The van der Waals surface area contributed by atoms with Gasteiger partial charge in [0, 0.05) is 26.2 Å². The monoisotopic (exact) mass is 573 g/mol. The van der Waals surface area contributed by atoms with E-state index in [4.69, 9.17) is 44.3 Å². The van der Waals surface area contributed by atoms with Gasteiger partial charge in [-0.2, -0.15) is 0 Å². The number of thioether (sulfide) groups is 1. The molecular weight excluding hydrogens is 553 g/mol. The molecule has 190 valence electrons. The van der Waals surface area contributed by atoms with Crippen LogP contribution in [-0.2, 0) is 17.8 Å². The third-order valence-corrected chi connectivity index (χ3v) is 7.05. The molecule has 0 aromatic heterocycles. The van der Waals surface area contributed by atoms with Gasteiger partial charge in [0.15, 0.2) is 11.5 Å². The fraction of sp³-hybridized carbons (Fsp3) is 0.143. The number of carbonyl (C=O) groups is 2. The van der Waals surface area contributed by atoms with E-state index in [1.165, 1.54) is 0 Å². The molecule has 37 heavy (non-hydrogen) atoms. The number of carbonyl (C=O) groups excluding carboxylic acids is 2. The number of hydrogen-bond acceptors (Lipinski definition) is 5. The second-order valence-corrected chi connectivity index (χ2v) is 10.2. The normalized spacial score (nSPS) is 14.4. The lowest BCUT2D eigenvalue weighted by Gasteiger charge is -2.17. The first-order valence-corrected chi connectivity index (χ1v) is 13.3. The van der Waals surface area contributed by atoms with Gasteiger partial charge in [-0.25, -0.2) is 4.90 Å². The van der Waals surface area contributed by atoms with Crippen molar-refractivity contribution in [2.45, 2.75) is 20.0 Å². The molecule has 1 saturated heterocycles. The zero-order valence-corrected chi connectivity index (χ0v) is 22.9. The van der Waals surface area contributed by atoms with Gasteiger partial charge in [0.1, 0.15) is 6.61 Å². The smallest absolute Gasteiger partial charge is 0.298 e. The maximum Gasteiger partial charge on any atom is 0.298 e. The number of anilines is 1. The van der Waals surface area contributed by atoms with Crippen molar-refractivity contribution in [3.8, 4) is 11.5 Å². The Morgan fingerprint density at radius 3 is 2.46 bits per heavy atom. The van der Waals surface area contributed by atoms with E-state index < -0.39 is 11.1 Å². The molecule has 4 rings (SSSR count). The molecule has 5 nitrogen and oxygen atoms in total. The molecule has 1 aliphatic rings. The highest BCUT2D eigenvalue weighted by molar-refractivity contribution is 8.19. The summed E-state index contributed by atoms with van der Waals surface area (Å²) < 4.78 is 12.1. The highest BCUT2D eigenvalue weighted by Crippen LogP contribution is 2.39. The number of allylic oxidation sites excluding steroid dienone is 1. The van der Waals surface area contributed by atoms with Crippen molar-refractivity contribution in [3.05, 3.63) is 104 Å². The standard InChI is InChI=1S/C28H22Cl3NO4S/c1-3-6-18-11-17(13-25-27(33)32(28(34)37-25)22-8-5-7-20(29)14-22)12-24(35-4-2)26(18)36-16-19-9-10-21(30)15-23(19)31/h3,5,7-15H,1,4,6,16H2,2H3/b25-13+. The molecule has 0 aliphatic carbocycles. The predicted molar refractivity (Wildman–Crippen MR) is 152 cm³/mol. The van der Waals surface area contributed by atoms with E-state index in [2.05, 4.69) is 6.58 Å². The van der Waals surface area contributed by atoms with Crippen LogP contribution in [0.5, 0.6) is 11.5 Å². The van der Waals surface area contributed by atoms with Crippen LogP contribution >= 0.6 is 46.6 Å². The van der Waals surface area contributed by atoms with Crippen molar-refractivity contribution in [3.63, 3.8) is 0 Å². The van der Waals surface area contributed by atoms with Crippen LogP contribution in [0.4, 0.5) is 10.5 Å². The number of ether oxygens (including phenoxy) is 2. The maximum absolute atomic E-state index is 13.1. The Hall–Kier alpha value is -2.90. The molecule has 0 saturated carbocycles. The summed E-state index contributed by atoms with van der Waals surface area (Å²) in [4.78, 5) is 27.2. The van der Waals surface area contributed by atoms with Gasteiger partial charge in [-0.15, -0.1) is 6.58 Å². The number of halogens is 3. The number of benzene rings is 3. The highest BCUT2D eigenvalue weighted by atomic mass is 35.5. The van der Waals surface area contributed by atoms with E-state index in [1.807, 2.05) is 19.1 Å². The summed E-state index contributed by atoms with van der Waals surface area (Å²) in [6.45, 7) is 6.33. The van der Waals surface area contributed by atoms with Crippen molar-refractivity contribution in [2.24, 2.45) is 0 Å². The summed E-state index contributed by atoms with van der Waals surface area (Å²) in [5.74, 6) is 0.641. The summed E-state index contributed by atoms with van der Waals surface area (Å²) in [6.07, 6.45) is 3.92. The summed E-state index contributed by atoms with van der Waals surface area (Å²) in [7, 11) is 0. The molecule has 0 N–H and O–H groups in total. The van der Waals surface area contributed by atoms with Gasteiger partial charge in [-0.1, -0.05) is 53.0 Å². The Labute approximate surface area is 234 Å². The minimum Gasteiger partial charge on any atom is -0.490 e. The van der Waals surface area contributed by atoms with Gasteiger partial charge in [0.2, 0.25) is 0 Å². The Balaban J connectivity index is 1.67. The SMILES string of the molecule is C=CCc1cc(/C=C2/SC(=O)N(c3cccc(Cl)c3)C2=O)cc(OCC)c1OCc1ccc(Cl)cc1Cl. The van der Waals surface area contributed by atoms with Crippen LogP contribution in [-0.4, -0.2) is 17.8 Å². The van der Waals surface area contributed by atoms with E-state index in [0.717, 1.165) is 27.8 Å². The van der Waals surface area contributed by atoms with Crippen molar-refractivity contribution in [2.75, 3.05) is 11.5 Å². The first-order chi connectivity index (χ1) is 17.8. The van der Waals surface area contributed by atoms with E-state index in [-0.39, 0.29) is 6.61 Å². The first kappa shape index (κ1) is 27.1. The Bertz CT molecular complexity index is 1410. The van der Waals surface area contributed by atoms with Crippen molar-refractivity contribution < 1.29 is 19.1 Å². The number of hydrogen-bond donors (Lipinski definition) is 0. The molecular formula is C28H22Cl3NO4S. The summed E-state index contributed by atoms with van der Waals surface area (Å²) in [5.41, 5.74) is 2.70. The van der Waals surface area contributed by atoms with Crippen molar-refractivity contribution in [1.82, 2.24) is 0 Å². The molecule has 0 radical (unpaired) electrons. The molecule has 1 aliphatic heterocycles. The summed E-state index contributed by atoms with van der Waals surface area (Å²) in [6, 6.07) is 15.5.